The number of aryl methyl sites for hydroxylation is 4. The summed E-state index contributed by atoms with van der Waals surface area (Å²) in [5.74, 6) is 3.57. The van der Waals surface area contributed by atoms with E-state index in [4.69, 9.17) is 18.9 Å². The first kappa shape index (κ1) is 52.7. The van der Waals surface area contributed by atoms with Gasteiger partial charge in [0, 0.05) is 53.6 Å². The number of methoxy groups -OCH3 is 4. The zero-order chi connectivity index (χ0) is 56.2. The van der Waals surface area contributed by atoms with Crippen LogP contribution in [0, 0.1) is 27.7 Å². The monoisotopic (exact) mass is 1140 g/mol. The fraction of sp³-hybridized carbons (Fsp3) is 0.111. The Morgan fingerprint density at radius 1 is 0.244 bits per heavy atom. The van der Waals surface area contributed by atoms with Gasteiger partial charge < -0.3 is 28.7 Å². The van der Waals surface area contributed by atoms with E-state index in [2.05, 4.69) is 244 Å². The van der Waals surface area contributed by atoms with E-state index in [1.165, 1.54) is 41.8 Å². The van der Waals surface area contributed by atoms with Crippen LogP contribution in [0.15, 0.2) is 206 Å². The van der Waals surface area contributed by atoms with Gasteiger partial charge in [0.25, 0.3) is 0 Å². The molecule has 82 heavy (non-hydrogen) atoms. The summed E-state index contributed by atoms with van der Waals surface area (Å²) < 4.78 is 23.4. The quantitative estimate of drug-likeness (QED) is 0.108. The summed E-state index contributed by atoms with van der Waals surface area (Å²) in [5.41, 5.74) is 20.0. The first-order valence-corrected chi connectivity index (χ1v) is 30.4. The average Bonchev–Trinajstić information content (AvgIpc) is 3.69. The number of fused-ring (bicyclic) bond motifs is 8. The first-order chi connectivity index (χ1) is 40.1. The van der Waals surface area contributed by atoms with Crippen molar-refractivity contribution in [2.75, 3.05) is 38.2 Å². The van der Waals surface area contributed by atoms with Crippen molar-refractivity contribution in [3.63, 3.8) is 0 Å². The van der Waals surface area contributed by atoms with Crippen molar-refractivity contribution >= 4 is 79.5 Å². The summed E-state index contributed by atoms with van der Waals surface area (Å²) in [7, 11) is 6.99. The van der Waals surface area contributed by atoms with Crippen molar-refractivity contribution in [3.05, 3.63) is 226 Å². The molecule has 0 bridgehead atoms. The maximum Gasteiger partial charge on any atom is 0.137 e. The topological polar surface area (TPSA) is 43.4 Å². The molecular weight excluding hydrogens is 1090 g/mol. The summed E-state index contributed by atoms with van der Waals surface area (Å²) in [6.07, 6.45) is 0. The van der Waals surface area contributed by atoms with E-state index in [9.17, 15) is 0 Å². The van der Waals surface area contributed by atoms with Crippen LogP contribution in [0.1, 0.15) is 19.5 Å². The van der Waals surface area contributed by atoms with E-state index in [-0.39, 0.29) is 0 Å². The largest absolute Gasteiger partial charge is 0.495 e. The van der Waals surface area contributed by atoms with Crippen LogP contribution < -0.4 is 28.7 Å². The summed E-state index contributed by atoms with van der Waals surface area (Å²) in [5, 5.41) is 0. The minimum atomic E-state index is 0.892. The lowest BCUT2D eigenvalue weighted by molar-refractivity contribution is 0.418. The molecule has 0 unspecified atom stereocenters. The second kappa shape index (κ2) is 22.0. The molecule has 4 aromatic heterocycles. The SMILES string of the molecule is COc1cc(C)sc1-c1ccc(N(c2ccc(-c3sc(C)cc3OC)cc2)c2ccc3c(c2)-c2ccccc2-c2ccccc2-c2cc(N(c4ccc(-c5sc(C)cc5OC)cc4)c4ccc(-c5sc(C)cc5OC)cc4)ccc2-3)cc1. The maximum absolute atomic E-state index is 5.84. The molecular formula is C72H58N2O4S4. The highest BCUT2D eigenvalue weighted by Gasteiger charge is 2.27. The van der Waals surface area contributed by atoms with Crippen LogP contribution in [0.2, 0.25) is 0 Å². The molecule has 0 saturated heterocycles. The zero-order valence-corrected chi connectivity index (χ0v) is 50.1. The van der Waals surface area contributed by atoms with Crippen LogP contribution in [-0.4, -0.2) is 28.4 Å². The Kier molecular flexibility index (Phi) is 14.2. The lowest BCUT2D eigenvalue weighted by Gasteiger charge is -2.30. The van der Waals surface area contributed by atoms with Gasteiger partial charge in [0.2, 0.25) is 0 Å². The molecule has 13 rings (SSSR count). The van der Waals surface area contributed by atoms with Crippen LogP contribution >= 0.6 is 45.3 Å². The molecule has 6 nitrogen and oxygen atoms in total. The maximum atomic E-state index is 5.84. The number of anilines is 6. The molecule has 1 aliphatic carbocycles. The molecule has 0 radical (unpaired) electrons. The van der Waals surface area contributed by atoms with E-state index in [1.54, 1.807) is 73.8 Å². The van der Waals surface area contributed by atoms with Crippen molar-refractivity contribution < 1.29 is 18.9 Å². The van der Waals surface area contributed by atoms with E-state index >= 15 is 0 Å². The summed E-state index contributed by atoms with van der Waals surface area (Å²) >= 11 is 7.00. The number of thiophene rings is 4. The normalized spacial score (nSPS) is 11.4. The number of rotatable bonds is 14. The third-order valence-corrected chi connectivity index (χ3v) is 19.6. The number of hydrogen-bond acceptors (Lipinski definition) is 10. The molecule has 8 aromatic carbocycles. The number of benzene rings is 8. The van der Waals surface area contributed by atoms with Crippen LogP contribution in [0.3, 0.4) is 0 Å². The molecule has 0 amide bonds. The second-order valence-electron chi connectivity index (χ2n) is 20.4. The van der Waals surface area contributed by atoms with Crippen molar-refractivity contribution in [1.82, 2.24) is 0 Å². The minimum Gasteiger partial charge on any atom is -0.495 e. The Morgan fingerprint density at radius 3 is 0.707 bits per heavy atom. The van der Waals surface area contributed by atoms with E-state index in [0.717, 1.165) is 121 Å². The lowest BCUT2D eigenvalue weighted by Crippen LogP contribution is -2.11. The molecule has 404 valence electrons. The number of nitrogens with zero attached hydrogens (tertiary/aromatic N) is 2. The van der Waals surface area contributed by atoms with Crippen LogP contribution in [-0.2, 0) is 0 Å². The third-order valence-electron chi connectivity index (χ3n) is 15.3. The molecule has 0 aliphatic heterocycles. The van der Waals surface area contributed by atoms with Gasteiger partial charge in [0.1, 0.15) is 23.0 Å². The highest BCUT2D eigenvalue weighted by Crippen LogP contribution is 2.53. The molecule has 0 saturated carbocycles. The van der Waals surface area contributed by atoms with Gasteiger partial charge >= 0.3 is 0 Å². The van der Waals surface area contributed by atoms with Crippen molar-refractivity contribution in [2.45, 2.75) is 27.7 Å². The molecule has 12 aromatic rings. The molecule has 4 heterocycles. The highest BCUT2D eigenvalue weighted by atomic mass is 32.1. The predicted molar refractivity (Wildman–Crippen MR) is 350 cm³/mol. The van der Waals surface area contributed by atoms with Gasteiger partial charge in [-0.2, -0.15) is 0 Å². The Balaban J connectivity index is 0.973. The fourth-order valence-electron chi connectivity index (χ4n) is 11.5. The second-order valence-corrected chi connectivity index (χ2v) is 25.5. The molecule has 0 fully saturated rings. The van der Waals surface area contributed by atoms with Crippen LogP contribution in [0.25, 0.3) is 86.3 Å². The van der Waals surface area contributed by atoms with Gasteiger partial charge in [-0.3, -0.25) is 0 Å². The van der Waals surface area contributed by atoms with Gasteiger partial charge in [-0.05, 0) is 192 Å². The summed E-state index contributed by atoms with van der Waals surface area (Å²) in [6, 6.07) is 75.8. The highest BCUT2D eigenvalue weighted by molar-refractivity contribution is 7.16. The number of ether oxygens (including phenoxy) is 4. The molecule has 0 spiro atoms. The molecule has 1 aliphatic rings. The summed E-state index contributed by atoms with van der Waals surface area (Å²) in [6.45, 7) is 8.51. The minimum absolute atomic E-state index is 0.892. The Labute approximate surface area is 496 Å². The van der Waals surface area contributed by atoms with E-state index < -0.39 is 0 Å². The van der Waals surface area contributed by atoms with Gasteiger partial charge in [0.05, 0.1) is 47.9 Å². The van der Waals surface area contributed by atoms with Gasteiger partial charge in [0.15, 0.2) is 0 Å². The molecule has 10 heteroatoms. The summed E-state index contributed by atoms with van der Waals surface area (Å²) in [4.78, 5) is 14.1. The molecule has 0 atom stereocenters. The van der Waals surface area contributed by atoms with Crippen molar-refractivity contribution in [1.29, 1.82) is 0 Å². The van der Waals surface area contributed by atoms with Crippen LogP contribution in [0.5, 0.6) is 23.0 Å². The standard InChI is InChI=1S/C72H58N2O4S4/c1-43-37-65(75-5)69(79-43)47-17-25-51(26-18-47)73(52-27-19-48(20-28-52)70-66(76-6)38-44(2)80-70)55-33-35-61-62-36-34-56(42-64(62)60-16-12-10-14-58(60)57-13-9-11-15-59(57)63(61)41-55)74(53-29-21-49(22-30-53)71-67(77-7)39-45(3)81-71)54-31-23-50(24-32-54)72-68(78-8)40-46(4)82-72/h9-42H,1-8H3. The van der Waals surface area contributed by atoms with Crippen molar-refractivity contribution in [2.24, 2.45) is 0 Å². The van der Waals surface area contributed by atoms with Crippen LogP contribution in [0.4, 0.5) is 34.1 Å². The molecule has 0 N–H and O–H groups in total. The van der Waals surface area contributed by atoms with Gasteiger partial charge in [-0.25, -0.2) is 0 Å². The lowest BCUT2D eigenvalue weighted by atomic mass is 9.80. The Bertz CT molecular complexity index is 3860. The smallest absolute Gasteiger partial charge is 0.137 e. The van der Waals surface area contributed by atoms with E-state index in [0.29, 0.717) is 0 Å². The predicted octanol–water partition coefficient (Wildman–Crippen LogP) is 21.8. The number of hydrogen-bond donors (Lipinski definition) is 0. The van der Waals surface area contributed by atoms with Gasteiger partial charge in [-0.1, -0.05) is 109 Å². The average molecular weight is 1140 g/mol. The van der Waals surface area contributed by atoms with Crippen molar-refractivity contribution in [3.8, 4) is 109 Å². The fourth-order valence-corrected chi connectivity index (χ4v) is 15.4. The third kappa shape index (κ3) is 9.65. The Hall–Kier alpha value is -8.64. The van der Waals surface area contributed by atoms with Gasteiger partial charge in [-0.15, -0.1) is 45.3 Å². The first-order valence-electron chi connectivity index (χ1n) is 27.1. The zero-order valence-electron chi connectivity index (χ0n) is 46.8. The Morgan fingerprint density at radius 2 is 0.463 bits per heavy atom. The van der Waals surface area contributed by atoms with E-state index in [1.807, 2.05) is 0 Å².